The number of hydrogen-bond acceptors (Lipinski definition) is 3. The zero-order valence-electron chi connectivity index (χ0n) is 11.6. The number of nitrogens with zero attached hydrogens (tertiary/aromatic N) is 1. The molecule has 1 aliphatic heterocycles. The van der Waals surface area contributed by atoms with E-state index in [2.05, 4.69) is 5.32 Å². The predicted molar refractivity (Wildman–Crippen MR) is 76.8 cm³/mol. The van der Waals surface area contributed by atoms with Gasteiger partial charge in [-0.1, -0.05) is 17.7 Å². The van der Waals surface area contributed by atoms with Gasteiger partial charge >= 0.3 is 5.97 Å². The minimum absolute atomic E-state index is 0.0806. The van der Waals surface area contributed by atoms with Crippen molar-refractivity contribution in [2.75, 3.05) is 18.0 Å². The highest BCUT2D eigenvalue weighted by Crippen LogP contribution is 2.18. The Morgan fingerprint density at radius 1 is 1.40 bits per heavy atom. The highest BCUT2D eigenvalue weighted by molar-refractivity contribution is 5.78. The number of anilines is 1. The molecular formula is C15H20N2O3. The maximum Gasteiger partial charge on any atom is 0.305 e. The van der Waals surface area contributed by atoms with Crippen LogP contribution >= 0.6 is 0 Å². The van der Waals surface area contributed by atoms with Crippen molar-refractivity contribution in [2.24, 2.45) is 0 Å². The monoisotopic (exact) mass is 276 g/mol. The van der Waals surface area contributed by atoms with Crippen LogP contribution in [0.15, 0.2) is 24.3 Å². The second kappa shape index (κ2) is 6.41. The van der Waals surface area contributed by atoms with E-state index in [1.54, 1.807) is 0 Å². The summed E-state index contributed by atoms with van der Waals surface area (Å²) < 4.78 is 0. The van der Waals surface area contributed by atoms with Crippen LogP contribution in [0.3, 0.4) is 0 Å². The van der Waals surface area contributed by atoms with Crippen LogP contribution in [-0.4, -0.2) is 36.1 Å². The number of carbonyl (C=O) groups is 2. The van der Waals surface area contributed by atoms with Gasteiger partial charge in [-0.05, 0) is 25.5 Å². The van der Waals surface area contributed by atoms with E-state index in [1.165, 1.54) is 5.56 Å². The van der Waals surface area contributed by atoms with Crippen molar-refractivity contribution in [1.29, 1.82) is 0 Å². The molecule has 1 heterocycles. The Morgan fingerprint density at radius 3 is 2.65 bits per heavy atom. The van der Waals surface area contributed by atoms with Gasteiger partial charge in [0.2, 0.25) is 5.91 Å². The number of aryl methyl sites for hydroxylation is 1. The van der Waals surface area contributed by atoms with E-state index >= 15 is 0 Å². The number of aliphatic carboxylic acids is 1. The van der Waals surface area contributed by atoms with Crippen LogP contribution in [0.25, 0.3) is 0 Å². The molecule has 2 N–H and O–H groups in total. The van der Waals surface area contributed by atoms with Crippen molar-refractivity contribution >= 4 is 17.6 Å². The molecule has 1 atom stereocenters. The molecule has 0 spiro atoms. The van der Waals surface area contributed by atoms with E-state index in [4.69, 9.17) is 5.11 Å². The third kappa shape index (κ3) is 3.98. The van der Waals surface area contributed by atoms with E-state index in [-0.39, 0.29) is 18.4 Å². The van der Waals surface area contributed by atoms with Gasteiger partial charge in [0.05, 0.1) is 6.42 Å². The average Bonchev–Trinajstić information content (AvgIpc) is 2.81. The van der Waals surface area contributed by atoms with Gasteiger partial charge in [-0.25, -0.2) is 0 Å². The zero-order chi connectivity index (χ0) is 14.5. The summed E-state index contributed by atoms with van der Waals surface area (Å²) in [4.78, 5) is 24.1. The Morgan fingerprint density at radius 2 is 2.10 bits per heavy atom. The first-order valence-corrected chi connectivity index (χ1v) is 6.87. The minimum atomic E-state index is -0.808. The van der Waals surface area contributed by atoms with Gasteiger partial charge in [-0.3, -0.25) is 9.59 Å². The fourth-order valence-corrected chi connectivity index (χ4v) is 2.39. The molecule has 1 fully saturated rings. The van der Waals surface area contributed by atoms with Crippen LogP contribution in [0, 0.1) is 6.92 Å². The number of rotatable bonds is 6. The Hall–Kier alpha value is -2.04. The summed E-state index contributed by atoms with van der Waals surface area (Å²) in [5.41, 5.74) is 2.17. The molecule has 5 heteroatoms. The van der Waals surface area contributed by atoms with Crippen molar-refractivity contribution in [3.8, 4) is 0 Å². The lowest BCUT2D eigenvalue weighted by atomic mass is 10.1. The van der Waals surface area contributed by atoms with Crippen LogP contribution in [0.2, 0.25) is 0 Å². The molecule has 0 radical (unpaired) electrons. The van der Waals surface area contributed by atoms with Gasteiger partial charge in [0.25, 0.3) is 0 Å². The summed E-state index contributed by atoms with van der Waals surface area (Å²) >= 11 is 0. The highest BCUT2D eigenvalue weighted by atomic mass is 16.4. The number of amides is 1. The van der Waals surface area contributed by atoms with Crippen molar-refractivity contribution in [1.82, 2.24) is 5.32 Å². The number of carbonyl (C=O) groups excluding carboxylic acids is 1. The molecule has 1 aliphatic rings. The predicted octanol–water partition coefficient (Wildman–Crippen LogP) is 1.55. The molecule has 20 heavy (non-hydrogen) atoms. The molecule has 0 bridgehead atoms. The Balaban J connectivity index is 2.05. The maximum absolute atomic E-state index is 11.3. The van der Waals surface area contributed by atoms with Crippen molar-refractivity contribution in [3.63, 3.8) is 0 Å². The normalized spacial score (nSPS) is 17.9. The molecule has 108 valence electrons. The van der Waals surface area contributed by atoms with Crippen LogP contribution in [0.5, 0.6) is 0 Å². The molecule has 5 nitrogen and oxygen atoms in total. The van der Waals surface area contributed by atoms with E-state index < -0.39 is 5.97 Å². The summed E-state index contributed by atoms with van der Waals surface area (Å²) in [5.74, 6) is -0.727. The van der Waals surface area contributed by atoms with Crippen LogP contribution < -0.4 is 10.2 Å². The van der Waals surface area contributed by atoms with Crippen LogP contribution in [0.4, 0.5) is 5.69 Å². The Kier molecular flexibility index (Phi) is 4.61. The molecule has 0 aromatic heterocycles. The summed E-state index contributed by atoms with van der Waals surface area (Å²) in [6.07, 6.45) is 1.47. The number of nitrogens with one attached hydrogen (secondary N) is 1. The minimum Gasteiger partial charge on any atom is -0.481 e. The first-order chi connectivity index (χ1) is 9.54. The van der Waals surface area contributed by atoms with Gasteiger partial charge in [-0.2, -0.15) is 0 Å². The molecule has 1 amide bonds. The molecule has 1 aromatic rings. The lowest BCUT2D eigenvalue weighted by molar-refractivity contribution is -0.136. The molecule has 1 unspecified atom stereocenters. The Labute approximate surface area is 118 Å². The molecule has 1 aromatic carbocycles. The number of hydrogen-bond donors (Lipinski definition) is 2. The molecular weight excluding hydrogens is 256 g/mol. The maximum atomic E-state index is 11.3. The third-order valence-electron chi connectivity index (χ3n) is 3.52. The zero-order valence-corrected chi connectivity index (χ0v) is 11.6. The molecule has 0 aliphatic carbocycles. The van der Waals surface area contributed by atoms with E-state index in [1.807, 2.05) is 36.1 Å². The van der Waals surface area contributed by atoms with Gasteiger partial charge < -0.3 is 15.3 Å². The standard InChI is InChI=1S/C15H20N2O3/c1-11-2-5-13(6-3-11)17(9-8-15(19)20)10-12-4-7-14(18)16-12/h2-3,5-6,12H,4,7-10H2,1H3,(H,16,18)(H,19,20). The topological polar surface area (TPSA) is 69.6 Å². The van der Waals surface area contributed by atoms with Gasteiger partial charge in [-0.15, -0.1) is 0 Å². The van der Waals surface area contributed by atoms with Crippen molar-refractivity contribution < 1.29 is 14.7 Å². The summed E-state index contributed by atoms with van der Waals surface area (Å²) in [5, 5.41) is 11.8. The van der Waals surface area contributed by atoms with Crippen LogP contribution in [-0.2, 0) is 9.59 Å². The SMILES string of the molecule is Cc1ccc(N(CCC(=O)O)CC2CCC(=O)N2)cc1. The van der Waals surface area contributed by atoms with Crippen LogP contribution in [0.1, 0.15) is 24.8 Å². The summed E-state index contributed by atoms with van der Waals surface area (Å²) in [6.45, 7) is 3.12. The van der Waals surface area contributed by atoms with E-state index in [0.29, 0.717) is 19.5 Å². The van der Waals surface area contributed by atoms with E-state index in [0.717, 1.165) is 12.1 Å². The van der Waals surface area contributed by atoms with E-state index in [9.17, 15) is 9.59 Å². The fourth-order valence-electron chi connectivity index (χ4n) is 2.39. The molecule has 1 saturated heterocycles. The first-order valence-electron chi connectivity index (χ1n) is 6.87. The summed E-state index contributed by atoms with van der Waals surface area (Å²) in [7, 11) is 0. The summed E-state index contributed by atoms with van der Waals surface area (Å²) in [6, 6.07) is 8.12. The van der Waals surface area contributed by atoms with Gasteiger partial charge in [0.15, 0.2) is 0 Å². The lowest BCUT2D eigenvalue weighted by Gasteiger charge is -2.27. The molecule has 0 saturated carbocycles. The fraction of sp³-hybridized carbons (Fsp3) is 0.467. The third-order valence-corrected chi connectivity index (χ3v) is 3.52. The number of carboxylic acids is 1. The largest absolute Gasteiger partial charge is 0.481 e. The van der Waals surface area contributed by atoms with Gasteiger partial charge in [0.1, 0.15) is 0 Å². The smallest absolute Gasteiger partial charge is 0.305 e. The average molecular weight is 276 g/mol. The number of benzene rings is 1. The quantitative estimate of drug-likeness (QED) is 0.827. The van der Waals surface area contributed by atoms with Gasteiger partial charge in [0, 0.05) is 31.2 Å². The second-order valence-corrected chi connectivity index (χ2v) is 5.23. The van der Waals surface area contributed by atoms with Crippen molar-refractivity contribution in [2.45, 2.75) is 32.2 Å². The lowest BCUT2D eigenvalue weighted by Crippen LogP contribution is -2.39. The molecule has 2 rings (SSSR count). The highest BCUT2D eigenvalue weighted by Gasteiger charge is 2.23. The first kappa shape index (κ1) is 14.4. The van der Waals surface area contributed by atoms with Crippen molar-refractivity contribution in [3.05, 3.63) is 29.8 Å². The second-order valence-electron chi connectivity index (χ2n) is 5.23. The number of carboxylic acid groups (broad SMARTS) is 1. The Bertz CT molecular complexity index is 484.